The first-order chi connectivity index (χ1) is 8.52. The molecule has 0 aliphatic rings. The molecular formula is C15H21NO2. The Balaban J connectivity index is 2.51. The highest BCUT2D eigenvalue weighted by Gasteiger charge is 2.12. The van der Waals surface area contributed by atoms with E-state index in [0.29, 0.717) is 13.1 Å². The van der Waals surface area contributed by atoms with Crippen LogP contribution in [0.15, 0.2) is 36.4 Å². The van der Waals surface area contributed by atoms with Crippen LogP contribution in [-0.4, -0.2) is 30.5 Å². The first kappa shape index (κ1) is 14.3. The second-order valence-electron chi connectivity index (χ2n) is 4.47. The summed E-state index contributed by atoms with van der Waals surface area (Å²) >= 11 is 0. The Morgan fingerprint density at radius 3 is 2.72 bits per heavy atom. The van der Waals surface area contributed by atoms with E-state index in [4.69, 9.17) is 4.74 Å². The van der Waals surface area contributed by atoms with Gasteiger partial charge in [-0.2, -0.15) is 0 Å². The monoisotopic (exact) mass is 247 g/mol. The largest absolute Gasteiger partial charge is 0.484 e. The van der Waals surface area contributed by atoms with Crippen LogP contribution in [0, 0.1) is 6.92 Å². The van der Waals surface area contributed by atoms with Gasteiger partial charge in [-0.3, -0.25) is 4.79 Å². The standard InChI is InChI=1S/C15H21NO2/c1-5-16(10-12(2)3)15(17)11-18-14-8-6-7-13(4)9-14/h6-9H,2,5,10-11H2,1,3-4H3. The molecule has 0 saturated heterocycles. The van der Waals surface area contributed by atoms with Crippen LogP contribution in [0.4, 0.5) is 0 Å². The molecule has 18 heavy (non-hydrogen) atoms. The molecule has 0 unspecified atom stereocenters. The van der Waals surface area contributed by atoms with Gasteiger partial charge >= 0.3 is 0 Å². The quantitative estimate of drug-likeness (QED) is 0.723. The number of rotatable bonds is 6. The van der Waals surface area contributed by atoms with E-state index < -0.39 is 0 Å². The van der Waals surface area contributed by atoms with Gasteiger partial charge < -0.3 is 9.64 Å². The smallest absolute Gasteiger partial charge is 0.260 e. The minimum atomic E-state index is -0.0120. The van der Waals surface area contributed by atoms with Gasteiger partial charge in [0, 0.05) is 13.1 Å². The molecule has 0 aliphatic heterocycles. The predicted octanol–water partition coefficient (Wildman–Crippen LogP) is 2.80. The molecule has 1 amide bonds. The summed E-state index contributed by atoms with van der Waals surface area (Å²) in [5, 5.41) is 0. The van der Waals surface area contributed by atoms with Crippen molar-refractivity contribution < 1.29 is 9.53 Å². The van der Waals surface area contributed by atoms with Crippen molar-refractivity contribution in [3.63, 3.8) is 0 Å². The normalized spacial score (nSPS) is 9.94. The number of carbonyl (C=O) groups is 1. The number of nitrogens with zero attached hydrogens (tertiary/aromatic N) is 1. The zero-order valence-electron chi connectivity index (χ0n) is 11.4. The summed E-state index contributed by atoms with van der Waals surface area (Å²) in [6.07, 6.45) is 0. The third kappa shape index (κ3) is 4.62. The van der Waals surface area contributed by atoms with E-state index in [1.807, 2.05) is 45.0 Å². The highest BCUT2D eigenvalue weighted by Crippen LogP contribution is 2.12. The van der Waals surface area contributed by atoms with Crippen molar-refractivity contribution in [3.05, 3.63) is 42.0 Å². The summed E-state index contributed by atoms with van der Waals surface area (Å²) in [6.45, 7) is 11.0. The lowest BCUT2D eigenvalue weighted by Gasteiger charge is -2.21. The first-order valence-corrected chi connectivity index (χ1v) is 6.14. The Morgan fingerprint density at radius 2 is 2.17 bits per heavy atom. The van der Waals surface area contributed by atoms with Gasteiger partial charge in [-0.15, -0.1) is 0 Å². The van der Waals surface area contributed by atoms with Crippen molar-refractivity contribution >= 4 is 5.91 Å². The van der Waals surface area contributed by atoms with Crippen LogP contribution in [-0.2, 0) is 4.79 Å². The number of likely N-dealkylation sites (N-methyl/N-ethyl adjacent to an activating group) is 1. The highest BCUT2D eigenvalue weighted by atomic mass is 16.5. The van der Waals surface area contributed by atoms with Crippen LogP contribution in [0.5, 0.6) is 5.75 Å². The summed E-state index contributed by atoms with van der Waals surface area (Å²) in [5.74, 6) is 0.719. The maximum absolute atomic E-state index is 11.9. The molecule has 1 aromatic carbocycles. The maximum atomic E-state index is 11.9. The fraction of sp³-hybridized carbons (Fsp3) is 0.400. The van der Waals surface area contributed by atoms with Crippen molar-refractivity contribution in [2.45, 2.75) is 20.8 Å². The zero-order valence-corrected chi connectivity index (χ0v) is 11.4. The maximum Gasteiger partial charge on any atom is 0.260 e. The molecule has 0 atom stereocenters. The van der Waals surface area contributed by atoms with Crippen molar-refractivity contribution in [1.82, 2.24) is 4.90 Å². The van der Waals surface area contributed by atoms with Gasteiger partial charge in [-0.25, -0.2) is 0 Å². The molecule has 98 valence electrons. The second kappa shape index (κ2) is 6.84. The third-order valence-corrected chi connectivity index (χ3v) is 2.55. The van der Waals surface area contributed by atoms with Gasteiger partial charge in [-0.05, 0) is 38.5 Å². The Hall–Kier alpha value is -1.77. The summed E-state index contributed by atoms with van der Waals surface area (Å²) in [7, 11) is 0. The topological polar surface area (TPSA) is 29.5 Å². The lowest BCUT2D eigenvalue weighted by molar-refractivity contribution is -0.132. The van der Waals surface area contributed by atoms with Crippen molar-refractivity contribution in [2.24, 2.45) is 0 Å². The SMILES string of the molecule is C=C(C)CN(CC)C(=O)COc1cccc(C)c1. The number of carbonyl (C=O) groups excluding carboxylic acids is 1. The van der Waals surface area contributed by atoms with Gasteiger partial charge in [-0.1, -0.05) is 24.3 Å². The molecule has 0 aliphatic carbocycles. The van der Waals surface area contributed by atoms with E-state index in [1.54, 1.807) is 4.90 Å². The van der Waals surface area contributed by atoms with Gasteiger partial charge in [0.15, 0.2) is 6.61 Å². The van der Waals surface area contributed by atoms with E-state index in [1.165, 1.54) is 0 Å². The molecule has 0 fully saturated rings. The van der Waals surface area contributed by atoms with Crippen LogP contribution in [0.25, 0.3) is 0 Å². The molecule has 0 radical (unpaired) electrons. The Kier molecular flexibility index (Phi) is 5.43. The van der Waals surface area contributed by atoms with Crippen molar-refractivity contribution in [1.29, 1.82) is 0 Å². The predicted molar refractivity (Wildman–Crippen MR) is 73.7 cm³/mol. The lowest BCUT2D eigenvalue weighted by atomic mass is 10.2. The fourth-order valence-corrected chi connectivity index (χ4v) is 1.64. The number of amides is 1. The molecule has 1 aromatic rings. The summed E-state index contributed by atoms with van der Waals surface area (Å²) in [4.78, 5) is 13.7. The average molecular weight is 247 g/mol. The number of aryl methyl sites for hydroxylation is 1. The summed E-state index contributed by atoms with van der Waals surface area (Å²) in [6, 6.07) is 7.69. The molecule has 3 nitrogen and oxygen atoms in total. The summed E-state index contributed by atoms with van der Waals surface area (Å²) in [5.41, 5.74) is 2.09. The number of benzene rings is 1. The van der Waals surface area contributed by atoms with Gasteiger partial charge in [0.1, 0.15) is 5.75 Å². The Bertz CT molecular complexity index is 426. The zero-order chi connectivity index (χ0) is 13.5. The van der Waals surface area contributed by atoms with E-state index in [2.05, 4.69) is 6.58 Å². The molecule has 0 bridgehead atoms. The molecule has 0 saturated carbocycles. The van der Waals surface area contributed by atoms with Gasteiger partial charge in [0.2, 0.25) is 0 Å². The van der Waals surface area contributed by atoms with Crippen LogP contribution < -0.4 is 4.74 Å². The first-order valence-electron chi connectivity index (χ1n) is 6.14. The van der Waals surface area contributed by atoms with Crippen LogP contribution >= 0.6 is 0 Å². The minimum Gasteiger partial charge on any atom is -0.484 e. The fourth-order valence-electron chi connectivity index (χ4n) is 1.64. The van der Waals surface area contributed by atoms with Crippen molar-refractivity contribution in [3.8, 4) is 5.75 Å². The number of hydrogen-bond acceptors (Lipinski definition) is 2. The van der Waals surface area contributed by atoms with E-state index in [0.717, 1.165) is 16.9 Å². The van der Waals surface area contributed by atoms with Crippen LogP contribution in [0.3, 0.4) is 0 Å². The average Bonchev–Trinajstić information content (AvgIpc) is 2.33. The number of ether oxygens (including phenoxy) is 1. The molecule has 3 heteroatoms. The molecule has 1 rings (SSSR count). The van der Waals surface area contributed by atoms with Gasteiger partial charge in [0.25, 0.3) is 5.91 Å². The molecular weight excluding hydrogens is 226 g/mol. The van der Waals surface area contributed by atoms with E-state index in [9.17, 15) is 4.79 Å². The molecule has 0 N–H and O–H groups in total. The van der Waals surface area contributed by atoms with Gasteiger partial charge in [0.05, 0.1) is 0 Å². The van der Waals surface area contributed by atoms with Crippen LogP contribution in [0.2, 0.25) is 0 Å². The van der Waals surface area contributed by atoms with E-state index >= 15 is 0 Å². The second-order valence-corrected chi connectivity index (χ2v) is 4.47. The Morgan fingerprint density at radius 1 is 1.44 bits per heavy atom. The number of hydrogen-bond donors (Lipinski definition) is 0. The summed E-state index contributed by atoms with van der Waals surface area (Å²) < 4.78 is 5.49. The van der Waals surface area contributed by atoms with Crippen LogP contribution in [0.1, 0.15) is 19.4 Å². The molecule has 0 aromatic heterocycles. The molecule has 0 spiro atoms. The lowest BCUT2D eigenvalue weighted by Crippen LogP contribution is -2.35. The molecule has 0 heterocycles. The minimum absolute atomic E-state index is 0.0120. The third-order valence-electron chi connectivity index (χ3n) is 2.55. The highest BCUT2D eigenvalue weighted by molar-refractivity contribution is 5.78. The van der Waals surface area contributed by atoms with Crippen molar-refractivity contribution in [2.75, 3.05) is 19.7 Å². The Labute approximate surface area is 109 Å². The van der Waals surface area contributed by atoms with E-state index in [-0.39, 0.29) is 12.5 Å².